The van der Waals surface area contributed by atoms with Crippen molar-refractivity contribution in [2.45, 2.75) is 6.42 Å². The predicted molar refractivity (Wildman–Crippen MR) is 107 cm³/mol. The second-order valence-corrected chi connectivity index (χ2v) is 7.09. The van der Waals surface area contributed by atoms with E-state index in [9.17, 15) is 9.59 Å². The molecule has 0 saturated carbocycles. The smallest absolute Gasteiger partial charge is 0.340 e. The van der Waals surface area contributed by atoms with Crippen LogP contribution in [0.15, 0.2) is 46.9 Å². The van der Waals surface area contributed by atoms with Crippen LogP contribution in [0.4, 0.5) is 11.4 Å². The highest BCUT2D eigenvalue weighted by atomic mass is 79.9. The van der Waals surface area contributed by atoms with E-state index in [1.54, 1.807) is 12.1 Å². The zero-order chi connectivity index (χ0) is 19.2. The Morgan fingerprint density at radius 1 is 1.15 bits per heavy atom. The van der Waals surface area contributed by atoms with Crippen molar-refractivity contribution >= 4 is 39.2 Å². The molecular formula is C20H21BrN2O4. The van der Waals surface area contributed by atoms with E-state index in [0.717, 1.165) is 28.8 Å². The maximum Gasteiger partial charge on any atom is 0.340 e. The van der Waals surface area contributed by atoms with Gasteiger partial charge in [0.2, 0.25) is 5.91 Å². The Morgan fingerprint density at radius 2 is 1.85 bits per heavy atom. The number of ether oxygens (including phenoxy) is 2. The number of carbonyl (C=O) groups is 2. The molecule has 27 heavy (non-hydrogen) atoms. The summed E-state index contributed by atoms with van der Waals surface area (Å²) in [5.41, 5.74) is 2.58. The number of benzene rings is 2. The Hall–Kier alpha value is -2.38. The topological polar surface area (TPSA) is 67.9 Å². The number of hydrogen-bond acceptors (Lipinski definition) is 5. The zero-order valence-electron chi connectivity index (χ0n) is 15.0. The fourth-order valence-electron chi connectivity index (χ4n) is 2.92. The van der Waals surface area contributed by atoms with Gasteiger partial charge in [0, 0.05) is 23.2 Å². The number of carbonyl (C=O) groups excluding carboxylic acids is 2. The standard InChI is InChI=1S/C20H21BrN2O4/c1-26-20(25)17-13-16(23-8-10-27-11-9-23)6-7-18(17)22-19(24)12-14-2-4-15(21)5-3-14/h2-7,13H,8-12H2,1H3,(H,22,24). The van der Waals surface area contributed by atoms with Crippen LogP contribution >= 0.6 is 15.9 Å². The van der Waals surface area contributed by atoms with Crippen LogP contribution < -0.4 is 10.2 Å². The van der Waals surface area contributed by atoms with Gasteiger partial charge in [-0.2, -0.15) is 0 Å². The van der Waals surface area contributed by atoms with Crippen LogP contribution in [-0.4, -0.2) is 45.3 Å². The van der Waals surface area contributed by atoms with Crippen LogP contribution in [0.3, 0.4) is 0 Å². The fourth-order valence-corrected chi connectivity index (χ4v) is 3.18. The molecule has 2 aromatic carbocycles. The minimum Gasteiger partial charge on any atom is -0.465 e. The molecule has 0 unspecified atom stereocenters. The molecule has 0 spiro atoms. The summed E-state index contributed by atoms with van der Waals surface area (Å²) in [6.45, 7) is 2.82. The van der Waals surface area contributed by atoms with Crippen LogP contribution in [0.25, 0.3) is 0 Å². The van der Waals surface area contributed by atoms with Crippen LogP contribution in [0.1, 0.15) is 15.9 Å². The molecule has 1 aliphatic heterocycles. The highest BCUT2D eigenvalue weighted by molar-refractivity contribution is 9.10. The van der Waals surface area contributed by atoms with Gasteiger partial charge < -0.3 is 19.7 Å². The number of esters is 1. The van der Waals surface area contributed by atoms with Crippen molar-refractivity contribution in [2.24, 2.45) is 0 Å². The molecule has 1 fully saturated rings. The van der Waals surface area contributed by atoms with Gasteiger partial charge in [0.05, 0.1) is 38.0 Å². The molecule has 0 atom stereocenters. The molecular weight excluding hydrogens is 412 g/mol. The lowest BCUT2D eigenvalue weighted by Crippen LogP contribution is -2.36. The number of halogens is 1. The van der Waals surface area contributed by atoms with Gasteiger partial charge >= 0.3 is 5.97 Å². The lowest BCUT2D eigenvalue weighted by Gasteiger charge is -2.29. The second kappa shape index (κ2) is 9.01. The Kier molecular flexibility index (Phi) is 6.47. The van der Waals surface area contributed by atoms with Gasteiger partial charge in [-0.1, -0.05) is 28.1 Å². The van der Waals surface area contributed by atoms with E-state index >= 15 is 0 Å². The van der Waals surface area contributed by atoms with E-state index in [1.165, 1.54) is 7.11 Å². The van der Waals surface area contributed by atoms with E-state index in [1.807, 2.05) is 30.3 Å². The fraction of sp³-hybridized carbons (Fsp3) is 0.300. The predicted octanol–water partition coefficient (Wildman–Crippen LogP) is 3.25. The summed E-state index contributed by atoms with van der Waals surface area (Å²) in [5.74, 6) is -0.675. The molecule has 0 bridgehead atoms. The normalized spacial score (nSPS) is 13.9. The molecule has 1 amide bonds. The lowest BCUT2D eigenvalue weighted by atomic mass is 10.1. The van der Waals surface area contributed by atoms with Crippen molar-refractivity contribution in [1.29, 1.82) is 0 Å². The van der Waals surface area contributed by atoms with Crippen molar-refractivity contribution in [1.82, 2.24) is 0 Å². The number of nitrogens with one attached hydrogen (secondary N) is 1. The highest BCUT2D eigenvalue weighted by Crippen LogP contribution is 2.25. The van der Waals surface area contributed by atoms with Crippen molar-refractivity contribution in [3.63, 3.8) is 0 Å². The molecule has 2 aromatic rings. The van der Waals surface area contributed by atoms with E-state index in [2.05, 4.69) is 26.1 Å². The number of morpholine rings is 1. The van der Waals surface area contributed by atoms with Crippen LogP contribution in [-0.2, 0) is 20.7 Å². The molecule has 1 heterocycles. The maximum atomic E-state index is 12.4. The van der Waals surface area contributed by atoms with Gasteiger partial charge in [-0.25, -0.2) is 4.79 Å². The van der Waals surface area contributed by atoms with E-state index in [-0.39, 0.29) is 12.3 Å². The number of anilines is 2. The Labute approximate surface area is 166 Å². The molecule has 0 aliphatic carbocycles. The van der Waals surface area contributed by atoms with Gasteiger partial charge in [0.15, 0.2) is 0 Å². The molecule has 1 aliphatic rings. The summed E-state index contributed by atoms with van der Waals surface area (Å²) in [4.78, 5) is 26.8. The highest BCUT2D eigenvalue weighted by Gasteiger charge is 2.18. The third kappa shape index (κ3) is 5.08. The van der Waals surface area contributed by atoms with E-state index < -0.39 is 5.97 Å². The van der Waals surface area contributed by atoms with E-state index in [4.69, 9.17) is 9.47 Å². The summed E-state index contributed by atoms with van der Waals surface area (Å²) in [6, 6.07) is 12.9. The Morgan fingerprint density at radius 3 is 2.52 bits per heavy atom. The average Bonchev–Trinajstić information content (AvgIpc) is 2.70. The van der Waals surface area contributed by atoms with Crippen molar-refractivity contribution in [2.75, 3.05) is 43.6 Å². The summed E-state index contributed by atoms with van der Waals surface area (Å²) in [5, 5.41) is 2.82. The minimum absolute atomic E-state index is 0.193. The second-order valence-electron chi connectivity index (χ2n) is 6.17. The quantitative estimate of drug-likeness (QED) is 0.734. The summed E-state index contributed by atoms with van der Waals surface area (Å²) < 4.78 is 11.2. The summed E-state index contributed by atoms with van der Waals surface area (Å²) >= 11 is 3.37. The summed E-state index contributed by atoms with van der Waals surface area (Å²) in [7, 11) is 1.33. The maximum absolute atomic E-state index is 12.4. The molecule has 0 radical (unpaired) electrons. The molecule has 6 nitrogen and oxygen atoms in total. The molecule has 142 valence electrons. The van der Waals surface area contributed by atoms with Gasteiger partial charge in [-0.3, -0.25) is 4.79 Å². The molecule has 1 saturated heterocycles. The first kappa shape index (κ1) is 19.4. The Bertz CT molecular complexity index is 817. The SMILES string of the molecule is COC(=O)c1cc(N2CCOCC2)ccc1NC(=O)Cc1ccc(Br)cc1. The van der Waals surface area contributed by atoms with Gasteiger partial charge in [0.25, 0.3) is 0 Å². The van der Waals surface area contributed by atoms with Gasteiger partial charge in [-0.15, -0.1) is 0 Å². The number of nitrogens with zero attached hydrogens (tertiary/aromatic N) is 1. The largest absolute Gasteiger partial charge is 0.465 e. The van der Waals surface area contributed by atoms with Crippen LogP contribution in [0.2, 0.25) is 0 Å². The summed E-state index contributed by atoms with van der Waals surface area (Å²) in [6.07, 6.45) is 0.221. The number of hydrogen-bond donors (Lipinski definition) is 1. The third-order valence-corrected chi connectivity index (χ3v) is 4.87. The first-order valence-corrected chi connectivity index (χ1v) is 9.45. The lowest BCUT2D eigenvalue weighted by molar-refractivity contribution is -0.115. The third-order valence-electron chi connectivity index (χ3n) is 4.34. The molecule has 7 heteroatoms. The Balaban J connectivity index is 1.77. The molecule has 0 aromatic heterocycles. The van der Waals surface area contributed by atoms with Crippen LogP contribution in [0.5, 0.6) is 0 Å². The average molecular weight is 433 g/mol. The zero-order valence-corrected chi connectivity index (χ0v) is 16.6. The number of rotatable bonds is 5. The van der Waals surface area contributed by atoms with Gasteiger partial charge in [-0.05, 0) is 35.9 Å². The van der Waals surface area contributed by atoms with Gasteiger partial charge in [0.1, 0.15) is 0 Å². The van der Waals surface area contributed by atoms with E-state index in [0.29, 0.717) is 24.5 Å². The molecule has 3 rings (SSSR count). The van der Waals surface area contributed by atoms with Crippen molar-refractivity contribution in [3.8, 4) is 0 Å². The number of methoxy groups -OCH3 is 1. The number of amides is 1. The van der Waals surface area contributed by atoms with Crippen LogP contribution in [0, 0.1) is 0 Å². The molecule has 1 N–H and O–H groups in total. The first-order valence-electron chi connectivity index (χ1n) is 8.66. The monoisotopic (exact) mass is 432 g/mol. The first-order chi connectivity index (χ1) is 13.1. The minimum atomic E-state index is -0.482. The van der Waals surface area contributed by atoms with Crippen molar-refractivity contribution < 1.29 is 19.1 Å². The van der Waals surface area contributed by atoms with Crippen molar-refractivity contribution in [3.05, 3.63) is 58.1 Å².